The number of nitro groups is 1. The van der Waals surface area contributed by atoms with Crippen LogP contribution in [0.2, 0.25) is 0 Å². The highest BCUT2D eigenvalue weighted by atomic mass is 31.2. The van der Waals surface area contributed by atoms with Crippen LogP contribution in [-0.2, 0) is 15.3 Å². The predicted molar refractivity (Wildman–Crippen MR) is 62.0 cm³/mol. The summed E-state index contributed by atoms with van der Waals surface area (Å²) in [7, 11) is -2.62. The molecule has 16 heavy (non-hydrogen) atoms. The first kappa shape index (κ1) is 12.9. The fraction of sp³-hybridized carbons (Fsp3) is 0.400. The van der Waals surface area contributed by atoms with E-state index in [9.17, 15) is 14.7 Å². The summed E-state index contributed by atoms with van der Waals surface area (Å²) < 4.78 is 17.0. The summed E-state index contributed by atoms with van der Waals surface area (Å²) in [6.45, 7) is 3.75. The number of non-ortho nitro benzene ring substituents is 1. The lowest BCUT2D eigenvalue weighted by Crippen LogP contribution is -1.93. The molecule has 0 aliphatic heterocycles. The Hall–Kier alpha value is -1.19. The standard InChI is InChI=1S/C10H14NO4P/c1-3-15-16(2,14)8-9-4-6-10(7-5-9)11(12)13/h4-7H,3,8H2,1-2H3. The van der Waals surface area contributed by atoms with Crippen LogP contribution >= 0.6 is 7.37 Å². The second-order valence-electron chi connectivity index (χ2n) is 3.51. The van der Waals surface area contributed by atoms with Gasteiger partial charge in [0.25, 0.3) is 5.69 Å². The van der Waals surface area contributed by atoms with Crippen LogP contribution in [0.25, 0.3) is 0 Å². The highest BCUT2D eigenvalue weighted by Gasteiger charge is 2.16. The lowest BCUT2D eigenvalue weighted by atomic mass is 10.2. The average Bonchev–Trinajstić information content (AvgIpc) is 2.17. The molecule has 0 aliphatic carbocycles. The van der Waals surface area contributed by atoms with Crippen LogP contribution in [0.4, 0.5) is 5.69 Å². The first-order valence-electron chi connectivity index (χ1n) is 4.89. The van der Waals surface area contributed by atoms with Gasteiger partial charge in [-0.05, 0) is 12.5 Å². The first-order valence-corrected chi connectivity index (χ1v) is 7.15. The molecule has 1 atom stereocenters. The van der Waals surface area contributed by atoms with E-state index in [0.29, 0.717) is 12.8 Å². The highest BCUT2D eigenvalue weighted by Crippen LogP contribution is 2.46. The topological polar surface area (TPSA) is 69.4 Å². The van der Waals surface area contributed by atoms with Crippen molar-refractivity contribution in [1.82, 2.24) is 0 Å². The molecule has 1 aromatic rings. The van der Waals surface area contributed by atoms with Crippen molar-refractivity contribution in [3.63, 3.8) is 0 Å². The van der Waals surface area contributed by atoms with E-state index in [1.807, 2.05) is 0 Å². The Morgan fingerprint density at radius 1 is 1.38 bits per heavy atom. The second kappa shape index (κ2) is 5.23. The van der Waals surface area contributed by atoms with Crippen molar-refractivity contribution < 1.29 is 14.0 Å². The summed E-state index contributed by atoms with van der Waals surface area (Å²) in [5.74, 6) is 0. The summed E-state index contributed by atoms with van der Waals surface area (Å²) in [5.41, 5.74) is 0.816. The van der Waals surface area contributed by atoms with E-state index in [-0.39, 0.29) is 5.69 Å². The van der Waals surface area contributed by atoms with Gasteiger partial charge in [-0.3, -0.25) is 14.7 Å². The Morgan fingerprint density at radius 3 is 2.38 bits per heavy atom. The number of hydrogen-bond donors (Lipinski definition) is 0. The van der Waals surface area contributed by atoms with Crippen LogP contribution in [0.1, 0.15) is 12.5 Å². The van der Waals surface area contributed by atoms with Gasteiger partial charge in [0, 0.05) is 25.0 Å². The number of nitrogens with zero attached hydrogens (tertiary/aromatic N) is 1. The van der Waals surface area contributed by atoms with Gasteiger partial charge in [-0.1, -0.05) is 12.1 Å². The molecule has 0 spiro atoms. The maximum Gasteiger partial charge on any atom is 0.269 e. The Morgan fingerprint density at radius 2 is 1.94 bits per heavy atom. The zero-order valence-corrected chi connectivity index (χ0v) is 10.1. The third-order valence-electron chi connectivity index (χ3n) is 2.02. The minimum Gasteiger partial charge on any atom is -0.329 e. The van der Waals surface area contributed by atoms with Gasteiger partial charge in [0.05, 0.1) is 11.5 Å². The predicted octanol–water partition coefficient (Wildman–Crippen LogP) is 3.04. The Labute approximate surface area is 94.0 Å². The molecule has 1 rings (SSSR count). The summed E-state index contributed by atoms with van der Waals surface area (Å²) in [5, 5.41) is 10.4. The average molecular weight is 243 g/mol. The van der Waals surface area contributed by atoms with Crippen molar-refractivity contribution in [3.8, 4) is 0 Å². The van der Waals surface area contributed by atoms with Crippen molar-refractivity contribution in [1.29, 1.82) is 0 Å². The fourth-order valence-corrected chi connectivity index (χ4v) is 2.89. The van der Waals surface area contributed by atoms with Gasteiger partial charge in [-0.2, -0.15) is 0 Å². The molecule has 0 aromatic heterocycles. The van der Waals surface area contributed by atoms with E-state index in [1.54, 1.807) is 25.7 Å². The van der Waals surface area contributed by atoms with E-state index >= 15 is 0 Å². The van der Waals surface area contributed by atoms with E-state index < -0.39 is 12.3 Å². The molecule has 88 valence electrons. The molecule has 6 heteroatoms. The molecule has 0 amide bonds. The number of hydrogen-bond acceptors (Lipinski definition) is 4. The van der Waals surface area contributed by atoms with E-state index in [4.69, 9.17) is 4.52 Å². The molecule has 0 saturated heterocycles. The largest absolute Gasteiger partial charge is 0.329 e. The number of nitro benzene ring substituents is 1. The third-order valence-corrected chi connectivity index (χ3v) is 3.76. The van der Waals surface area contributed by atoms with E-state index in [1.165, 1.54) is 12.1 Å². The van der Waals surface area contributed by atoms with Gasteiger partial charge in [0.2, 0.25) is 7.37 Å². The Balaban J connectivity index is 2.76. The first-order chi connectivity index (χ1) is 7.44. The van der Waals surface area contributed by atoms with Crippen molar-refractivity contribution >= 4 is 13.1 Å². The van der Waals surface area contributed by atoms with Gasteiger partial charge >= 0.3 is 0 Å². The molecular weight excluding hydrogens is 229 g/mol. The van der Waals surface area contributed by atoms with Gasteiger partial charge in [-0.25, -0.2) is 0 Å². The normalized spacial score (nSPS) is 14.4. The number of rotatable bonds is 5. The molecule has 1 unspecified atom stereocenters. The molecule has 1 aromatic carbocycles. The molecule has 0 radical (unpaired) electrons. The van der Waals surface area contributed by atoms with Crippen LogP contribution < -0.4 is 0 Å². The van der Waals surface area contributed by atoms with E-state index in [2.05, 4.69) is 0 Å². The van der Waals surface area contributed by atoms with Crippen LogP contribution in [-0.4, -0.2) is 18.2 Å². The summed E-state index contributed by atoms with van der Waals surface area (Å²) in [6, 6.07) is 6.02. The SMILES string of the molecule is CCOP(C)(=O)Cc1ccc([N+](=O)[O-])cc1. The third kappa shape index (κ3) is 3.76. The highest BCUT2D eigenvalue weighted by molar-refractivity contribution is 7.57. The number of benzene rings is 1. The second-order valence-corrected chi connectivity index (χ2v) is 6.12. The maximum absolute atomic E-state index is 11.8. The lowest BCUT2D eigenvalue weighted by Gasteiger charge is -2.12. The van der Waals surface area contributed by atoms with Crippen LogP contribution in [0.5, 0.6) is 0 Å². The molecular formula is C10H14NO4P. The summed E-state index contributed by atoms with van der Waals surface area (Å²) in [6.07, 6.45) is 0.304. The maximum atomic E-state index is 11.8. The van der Waals surface area contributed by atoms with Crippen molar-refractivity contribution in [3.05, 3.63) is 39.9 Å². The molecule has 0 fully saturated rings. The van der Waals surface area contributed by atoms with E-state index in [0.717, 1.165) is 5.56 Å². The molecule has 0 N–H and O–H groups in total. The molecule has 0 heterocycles. The smallest absolute Gasteiger partial charge is 0.269 e. The van der Waals surface area contributed by atoms with Crippen molar-refractivity contribution in [2.24, 2.45) is 0 Å². The molecule has 0 saturated carbocycles. The van der Waals surface area contributed by atoms with Crippen LogP contribution in [0.3, 0.4) is 0 Å². The monoisotopic (exact) mass is 243 g/mol. The van der Waals surface area contributed by atoms with Crippen molar-refractivity contribution in [2.45, 2.75) is 13.1 Å². The summed E-state index contributed by atoms with van der Waals surface area (Å²) in [4.78, 5) is 9.97. The zero-order chi connectivity index (χ0) is 12.2. The Kier molecular flexibility index (Phi) is 4.21. The van der Waals surface area contributed by atoms with Gasteiger partial charge in [-0.15, -0.1) is 0 Å². The van der Waals surface area contributed by atoms with Gasteiger partial charge < -0.3 is 4.52 Å². The molecule has 0 bridgehead atoms. The Bertz CT molecular complexity index is 415. The fourth-order valence-electron chi connectivity index (χ4n) is 1.37. The molecule has 0 aliphatic rings. The minimum atomic E-state index is -2.62. The van der Waals surface area contributed by atoms with Crippen molar-refractivity contribution in [2.75, 3.05) is 13.3 Å². The quantitative estimate of drug-likeness (QED) is 0.452. The van der Waals surface area contributed by atoms with Crippen LogP contribution in [0, 0.1) is 10.1 Å². The zero-order valence-electron chi connectivity index (χ0n) is 9.25. The minimum absolute atomic E-state index is 0.0334. The van der Waals surface area contributed by atoms with Crippen LogP contribution in [0.15, 0.2) is 24.3 Å². The molecule has 5 nitrogen and oxygen atoms in total. The summed E-state index contributed by atoms with van der Waals surface area (Å²) >= 11 is 0. The lowest BCUT2D eigenvalue weighted by molar-refractivity contribution is -0.384. The van der Waals surface area contributed by atoms with Gasteiger partial charge in [0.1, 0.15) is 0 Å². The van der Waals surface area contributed by atoms with Gasteiger partial charge in [0.15, 0.2) is 0 Å².